The van der Waals surface area contributed by atoms with Gasteiger partial charge in [-0.2, -0.15) is 5.26 Å². The Kier molecular flexibility index (Phi) is 6.42. The van der Waals surface area contributed by atoms with Crippen LogP contribution in [0.4, 0.5) is 25.4 Å². The predicted molar refractivity (Wildman–Crippen MR) is 124 cm³/mol. The van der Waals surface area contributed by atoms with Crippen molar-refractivity contribution in [3.05, 3.63) is 53.6 Å². The number of carbonyl (C=O) groups excluding carboxylic acids is 2. The summed E-state index contributed by atoms with van der Waals surface area (Å²) in [5.41, 5.74) is 1.45. The zero-order chi connectivity index (χ0) is 24.5. The Morgan fingerprint density at radius 3 is 2.65 bits per heavy atom. The monoisotopic (exact) mass is 465 g/mol. The van der Waals surface area contributed by atoms with Gasteiger partial charge in [0.25, 0.3) is 0 Å². The molecule has 0 bridgehead atoms. The molecule has 3 heterocycles. The van der Waals surface area contributed by atoms with Crippen LogP contribution >= 0.6 is 0 Å². The Morgan fingerprint density at radius 1 is 1.24 bits per heavy atom. The Bertz CT molecular complexity index is 1130. The number of ether oxygens (including phenoxy) is 1. The number of hydrogen-bond acceptors (Lipinski definition) is 5. The number of fused-ring (bicyclic) bond motifs is 1. The lowest BCUT2D eigenvalue weighted by Crippen LogP contribution is -2.48. The maximum atomic E-state index is 14.0. The van der Waals surface area contributed by atoms with Crippen molar-refractivity contribution < 1.29 is 18.7 Å². The number of benzene rings is 1. The number of halogens is 1. The molecule has 0 atom stereocenters. The van der Waals surface area contributed by atoms with Gasteiger partial charge in [0.1, 0.15) is 23.2 Å². The van der Waals surface area contributed by atoms with Crippen LogP contribution in [0.25, 0.3) is 0 Å². The van der Waals surface area contributed by atoms with E-state index in [0.29, 0.717) is 43.1 Å². The molecule has 34 heavy (non-hydrogen) atoms. The summed E-state index contributed by atoms with van der Waals surface area (Å²) in [6.07, 6.45) is 2.65. The van der Waals surface area contributed by atoms with E-state index in [1.54, 1.807) is 28.0 Å². The number of nitriles is 1. The van der Waals surface area contributed by atoms with Crippen molar-refractivity contribution in [3.8, 4) is 6.07 Å². The van der Waals surface area contributed by atoms with Crippen molar-refractivity contribution in [2.24, 2.45) is 5.92 Å². The number of rotatable bonds is 3. The Morgan fingerprint density at radius 2 is 1.97 bits per heavy atom. The van der Waals surface area contributed by atoms with E-state index in [0.717, 1.165) is 12.8 Å². The fraction of sp³-hybridized carbons (Fsp3) is 0.440. The quantitative estimate of drug-likeness (QED) is 0.649. The fourth-order valence-electron chi connectivity index (χ4n) is 4.36. The average molecular weight is 466 g/mol. The highest BCUT2D eigenvalue weighted by atomic mass is 19.1. The highest BCUT2D eigenvalue weighted by molar-refractivity contribution is 6.01. The van der Waals surface area contributed by atoms with Gasteiger partial charge in [0.2, 0.25) is 0 Å². The number of nitrogens with zero attached hydrogens (tertiary/aromatic N) is 5. The zero-order valence-corrected chi connectivity index (χ0v) is 19.6. The Labute approximate surface area is 198 Å². The van der Waals surface area contributed by atoms with Crippen molar-refractivity contribution in [2.75, 3.05) is 24.5 Å². The molecule has 1 saturated heterocycles. The number of aromatic nitrogens is 1. The molecule has 0 aliphatic carbocycles. The van der Waals surface area contributed by atoms with Crippen molar-refractivity contribution in [3.63, 3.8) is 0 Å². The van der Waals surface area contributed by atoms with Crippen LogP contribution in [0.15, 0.2) is 36.5 Å². The largest absolute Gasteiger partial charge is 0.444 e. The third kappa shape index (κ3) is 5.11. The van der Waals surface area contributed by atoms with Gasteiger partial charge >= 0.3 is 12.1 Å². The van der Waals surface area contributed by atoms with Crippen LogP contribution in [0.5, 0.6) is 0 Å². The molecule has 0 saturated carbocycles. The first-order valence-electron chi connectivity index (χ1n) is 11.4. The van der Waals surface area contributed by atoms with Gasteiger partial charge in [-0.1, -0.05) is 0 Å². The molecule has 1 aromatic heterocycles. The number of amides is 3. The summed E-state index contributed by atoms with van der Waals surface area (Å²) in [4.78, 5) is 34.8. The van der Waals surface area contributed by atoms with Crippen molar-refractivity contribution >= 4 is 23.5 Å². The van der Waals surface area contributed by atoms with Crippen LogP contribution in [0, 0.1) is 23.1 Å². The molecule has 3 amide bonds. The average Bonchev–Trinajstić information content (AvgIpc) is 2.79. The number of piperidine rings is 1. The van der Waals surface area contributed by atoms with Gasteiger partial charge in [0, 0.05) is 32.4 Å². The second-order valence-corrected chi connectivity index (χ2v) is 9.69. The molecule has 0 unspecified atom stereocenters. The molecule has 2 aromatic rings. The molecule has 178 valence electrons. The molecule has 2 aliphatic heterocycles. The smallest absolute Gasteiger partial charge is 0.410 e. The van der Waals surface area contributed by atoms with E-state index in [-0.39, 0.29) is 29.6 Å². The summed E-state index contributed by atoms with van der Waals surface area (Å²) in [6, 6.07) is 9.33. The number of urea groups is 1. The van der Waals surface area contributed by atoms with E-state index >= 15 is 0 Å². The molecular formula is C25H28FN5O3. The lowest BCUT2D eigenvalue weighted by Gasteiger charge is -2.40. The minimum Gasteiger partial charge on any atom is -0.444 e. The SMILES string of the molecule is CC(C)(C)OC(=O)N1CCC(CN2Cc3cc(F)ccc3N(c3ccnc(C#N)c3)C2=O)CC1. The topological polar surface area (TPSA) is 89.8 Å². The Hall–Kier alpha value is -3.67. The van der Waals surface area contributed by atoms with Gasteiger partial charge in [-0.3, -0.25) is 4.90 Å². The van der Waals surface area contributed by atoms with Crippen LogP contribution in [0.3, 0.4) is 0 Å². The summed E-state index contributed by atoms with van der Waals surface area (Å²) in [6.45, 7) is 7.44. The molecular weight excluding hydrogens is 437 g/mol. The standard InChI is InChI=1S/C25H28FN5O3/c1-25(2,3)34-24(33)29-10-7-17(8-11-29)15-30-16-18-12-19(26)4-5-22(18)31(23(30)32)21-6-9-28-20(13-21)14-27/h4-6,9,12-13,17H,7-8,10-11,15-16H2,1-3H3. The molecule has 0 radical (unpaired) electrons. The molecule has 9 heteroatoms. The summed E-state index contributed by atoms with van der Waals surface area (Å²) in [5.74, 6) is -0.169. The predicted octanol–water partition coefficient (Wildman–Crippen LogP) is 4.81. The van der Waals surface area contributed by atoms with Gasteiger partial charge in [-0.05, 0) is 75.4 Å². The van der Waals surface area contributed by atoms with E-state index in [2.05, 4.69) is 4.98 Å². The molecule has 1 aromatic carbocycles. The molecule has 0 N–H and O–H groups in total. The van der Waals surface area contributed by atoms with E-state index in [1.165, 1.54) is 23.2 Å². The zero-order valence-electron chi connectivity index (χ0n) is 19.6. The minimum atomic E-state index is -0.543. The second kappa shape index (κ2) is 9.29. The highest BCUT2D eigenvalue weighted by Crippen LogP contribution is 2.36. The van der Waals surface area contributed by atoms with Crippen molar-refractivity contribution in [2.45, 2.75) is 45.8 Å². The lowest BCUT2D eigenvalue weighted by molar-refractivity contribution is 0.0173. The third-order valence-corrected chi connectivity index (χ3v) is 5.97. The number of likely N-dealkylation sites (tertiary alicyclic amines) is 1. The number of pyridine rings is 1. The van der Waals surface area contributed by atoms with Gasteiger partial charge in [0.15, 0.2) is 0 Å². The van der Waals surface area contributed by atoms with Gasteiger partial charge in [0.05, 0.1) is 11.4 Å². The van der Waals surface area contributed by atoms with Crippen LogP contribution in [-0.4, -0.2) is 52.1 Å². The van der Waals surface area contributed by atoms with Gasteiger partial charge in [-0.25, -0.2) is 19.0 Å². The fourth-order valence-corrected chi connectivity index (χ4v) is 4.36. The van der Waals surface area contributed by atoms with Crippen molar-refractivity contribution in [1.29, 1.82) is 5.26 Å². The first kappa shape index (κ1) is 23.5. The highest BCUT2D eigenvalue weighted by Gasteiger charge is 2.35. The van der Waals surface area contributed by atoms with Gasteiger partial charge in [-0.15, -0.1) is 0 Å². The maximum absolute atomic E-state index is 14.0. The van der Waals surface area contributed by atoms with E-state index in [9.17, 15) is 19.2 Å². The third-order valence-electron chi connectivity index (χ3n) is 5.97. The van der Waals surface area contributed by atoms with Crippen LogP contribution in [0.1, 0.15) is 44.9 Å². The van der Waals surface area contributed by atoms with Crippen LogP contribution in [0.2, 0.25) is 0 Å². The normalized spacial score (nSPS) is 16.8. The molecule has 8 nitrogen and oxygen atoms in total. The molecule has 0 spiro atoms. The van der Waals surface area contributed by atoms with Gasteiger partial charge < -0.3 is 14.5 Å². The summed E-state index contributed by atoms with van der Waals surface area (Å²) < 4.78 is 19.5. The molecule has 1 fully saturated rings. The molecule has 2 aliphatic rings. The summed E-state index contributed by atoms with van der Waals surface area (Å²) >= 11 is 0. The minimum absolute atomic E-state index is 0.195. The van der Waals surface area contributed by atoms with Crippen LogP contribution < -0.4 is 4.90 Å². The summed E-state index contributed by atoms with van der Waals surface area (Å²) in [5, 5.41) is 9.24. The first-order chi connectivity index (χ1) is 16.1. The summed E-state index contributed by atoms with van der Waals surface area (Å²) in [7, 11) is 0. The van der Waals surface area contributed by atoms with E-state index in [1.807, 2.05) is 26.8 Å². The second-order valence-electron chi connectivity index (χ2n) is 9.69. The molecule has 4 rings (SSSR count). The van der Waals surface area contributed by atoms with Crippen molar-refractivity contribution in [1.82, 2.24) is 14.8 Å². The Balaban J connectivity index is 1.51. The lowest BCUT2D eigenvalue weighted by atomic mass is 9.95. The first-order valence-corrected chi connectivity index (χ1v) is 11.4. The maximum Gasteiger partial charge on any atom is 0.410 e. The van der Waals surface area contributed by atoms with E-state index < -0.39 is 5.60 Å². The number of carbonyl (C=O) groups is 2. The van der Waals surface area contributed by atoms with E-state index in [4.69, 9.17) is 4.74 Å². The van der Waals surface area contributed by atoms with Crippen LogP contribution in [-0.2, 0) is 11.3 Å². The number of anilines is 2. The number of hydrogen-bond donors (Lipinski definition) is 0.